The Labute approximate surface area is 349 Å². The van der Waals surface area contributed by atoms with Crippen LogP contribution in [-0.2, 0) is 32.7 Å². The van der Waals surface area contributed by atoms with Crippen LogP contribution in [0, 0.1) is 0 Å². The molecule has 0 saturated carbocycles. The summed E-state index contributed by atoms with van der Waals surface area (Å²) in [5, 5.41) is 0. The van der Waals surface area contributed by atoms with Gasteiger partial charge in [0, 0.05) is 19.4 Å². The first kappa shape index (κ1) is 54.7. The Kier molecular flexibility index (Phi) is 40.2. The van der Waals surface area contributed by atoms with Crippen molar-refractivity contribution < 1.29 is 37.6 Å². The van der Waals surface area contributed by atoms with Crippen LogP contribution in [0.2, 0.25) is 0 Å². The Morgan fingerprint density at radius 3 is 1.49 bits per heavy atom. The van der Waals surface area contributed by atoms with E-state index in [2.05, 4.69) is 74.6 Å². The van der Waals surface area contributed by atoms with Crippen molar-refractivity contribution in [3.8, 4) is 0 Å². The number of hydrogen-bond acceptors (Lipinski definition) is 8. The van der Waals surface area contributed by atoms with Crippen LogP contribution in [0.25, 0.3) is 0 Å². The molecule has 0 aromatic heterocycles. The normalized spacial score (nSPS) is 13.9. The lowest BCUT2D eigenvalue weighted by Gasteiger charge is -2.20. The maximum atomic E-state index is 12.7. The minimum absolute atomic E-state index is 0.000618. The van der Waals surface area contributed by atoms with E-state index >= 15 is 0 Å². The lowest BCUT2D eigenvalue weighted by molar-refractivity contribution is -0.161. The summed E-state index contributed by atoms with van der Waals surface area (Å²) >= 11 is 0. The maximum absolute atomic E-state index is 12.7. The van der Waals surface area contributed by atoms with Gasteiger partial charge in [0.2, 0.25) is 0 Å². The smallest absolute Gasteiger partial charge is 0.462 e. The van der Waals surface area contributed by atoms with Gasteiger partial charge in [0.1, 0.15) is 6.61 Å². The van der Waals surface area contributed by atoms with E-state index in [1.54, 1.807) is 0 Å². The number of carbonyl (C=O) groups excluding carboxylic acids is 2. The van der Waals surface area contributed by atoms with Crippen LogP contribution in [0.15, 0.2) is 60.8 Å². The first-order chi connectivity index (χ1) is 27.7. The van der Waals surface area contributed by atoms with Crippen molar-refractivity contribution in [2.24, 2.45) is 0 Å². The number of phosphoric acid groups is 1. The fourth-order valence-corrected chi connectivity index (χ4v) is 6.59. The maximum Gasteiger partial charge on any atom is 0.472 e. The highest BCUT2D eigenvalue weighted by Crippen LogP contribution is 2.43. The number of carbonyl (C=O) groups is 2. The molecule has 0 aliphatic rings. The molecule has 0 aromatic carbocycles. The molecule has 0 heterocycles. The lowest BCUT2D eigenvalue weighted by atomic mass is 10.1. The molecule has 0 amide bonds. The van der Waals surface area contributed by atoms with E-state index < -0.39 is 26.5 Å². The SMILES string of the molecule is CC/C=C\C/C=C\C/C=C\CCCCCCCC(=O)OC(COC(=O)CCCCCCCCCCC/C=C\C/C=C\CCCCC)COP(=O)(O)OCCN(C)C. The van der Waals surface area contributed by atoms with Crippen molar-refractivity contribution in [2.45, 2.75) is 187 Å². The largest absolute Gasteiger partial charge is 0.472 e. The second kappa shape index (κ2) is 41.9. The van der Waals surface area contributed by atoms with Crippen LogP contribution in [0.5, 0.6) is 0 Å². The summed E-state index contributed by atoms with van der Waals surface area (Å²) in [6.07, 6.45) is 48.3. The zero-order valence-electron chi connectivity index (χ0n) is 36.8. The standard InChI is InChI=1S/C47H84NO8P/c1-5-7-9-11-13-15-17-19-21-22-23-24-26-27-29-31-33-35-37-39-46(49)53-43-45(44-55-57(51,52)54-42-41-48(3)4)56-47(50)40-38-36-34-32-30-28-25-20-18-16-14-12-10-8-6-2/h8,10,13-16,19-21,25,45H,5-7,9,11-12,17-18,22-24,26-44H2,1-4H3,(H,51,52)/b10-8-,15-13-,16-14-,21-19-,25-20-. The molecule has 0 radical (unpaired) electrons. The lowest BCUT2D eigenvalue weighted by Crippen LogP contribution is -2.29. The Morgan fingerprint density at radius 1 is 0.561 bits per heavy atom. The van der Waals surface area contributed by atoms with Gasteiger partial charge in [0.05, 0.1) is 13.2 Å². The van der Waals surface area contributed by atoms with Crippen LogP contribution in [0.4, 0.5) is 0 Å². The number of allylic oxidation sites excluding steroid dienone is 10. The highest BCUT2D eigenvalue weighted by molar-refractivity contribution is 7.47. The first-order valence-corrected chi connectivity index (χ1v) is 24.1. The minimum atomic E-state index is -4.37. The van der Waals surface area contributed by atoms with Gasteiger partial charge in [-0.05, 0) is 91.1 Å². The highest BCUT2D eigenvalue weighted by Gasteiger charge is 2.26. The number of likely N-dealkylation sites (N-methyl/N-ethyl adjacent to an activating group) is 1. The molecule has 2 atom stereocenters. The highest BCUT2D eigenvalue weighted by atomic mass is 31.2. The van der Waals surface area contributed by atoms with Gasteiger partial charge < -0.3 is 19.3 Å². The fourth-order valence-electron chi connectivity index (χ4n) is 5.85. The second-order valence-electron chi connectivity index (χ2n) is 15.2. The Bertz CT molecular complexity index is 1130. The molecule has 0 spiro atoms. The van der Waals surface area contributed by atoms with Crippen molar-refractivity contribution >= 4 is 19.8 Å². The first-order valence-electron chi connectivity index (χ1n) is 22.6. The van der Waals surface area contributed by atoms with Gasteiger partial charge in [-0.1, -0.05) is 152 Å². The van der Waals surface area contributed by atoms with Gasteiger partial charge >= 0.3 is 19.8 Å². The zero-order valence-corrected chi connectivity index (χ0v) is 37.7. The molecule has 0 aliphatic heterocycles. The van der Waals surface area contributed by atoms with Crippen molar-refractivity contribution in [2.75, 3.05) is 40.5 Å². The van der Waals surface area contributed by atoms with Gasteiger partial charge in [-0.2, -0.15) is 0 Å². The van der Waals surface area contributed by atoms with E-state index in [9.17, 15) is 19.0 Å². The fraction of sp³-hybridized carbons (Fsp3) is 0.745. The summed E-state index contributed by atoms with van der Waals surface area (Å²) in [5.74, 6) is -0.830. The number of rotatable bonds is 41. The number of ether oxygens (including phenoxy) is 2. The average molecular weight is 822 g/mol. The van der Waals surface area contributed by atoms with E-state index in [1.807, 2.05) is 19.0 Å². The van der Waals surface area contributed by atoms with E-state index in [0.717, 1.165) is 77.0 Å². The molecule has 57 heavy (non-hydrogen) atoms. The summed E-state index contributed by atoms with van der Waals surface area (Å²) < 4.78 is 33.5. The van der Waals surface area contributed by atoms with Gasteiger partial charge in [-0.25, -0.2) is 4.57 Å². The van der Waals surface area contributed by atoms with Crippen LogP contribution in [-0.4, -0.2) is 68.3 Å². The molecule has 0 fully saturated rings. The summed E-state index contributed by atoms with van der Waals surface area (Å²) in [5.41, 5.74) is 0. The average Bonchev–Trinajstić information content (AvgIpc) is 3.18. The molecule has 2 unspecified atom stereocenters. The predicted octanol–water partition coefficient (Wildman–Crippen LogP) is 13.1. The van der Waals surface area contributed by atoms with E-state index in [1.165, 1.54) is 70.6 Å². The second-order valence-corrected chi connectivity index (χ2v) is 16.6. The predicted molar refractivity (Wildman–Crippen MR) is 238 cm³/mol. The van der Waals surface area contributed by atoms with Crippen molar-refractivity contribution in [3.63, 3.8) is 0 Å². The molecule has 0 aromatic rings. The van der Waals surface area contributed by atoms with E-state index in [0.29, 0.717) is 13.0 Å². The van der Waals surface area contributed by atoms with Gasteiger partial charge in [0.25, 0.3) is 0 Å². The van der Waals surface area contributed by atoms with Crippen LogP contribution >= 0.6 is 7.82 Å². The van der Waals surface area contributed by atoms with Gasteiger partial charge in [-0.3, -0.25) is 18.6 Å². The monoisotopic (exact) mass is 822 g/mol. The number of hydrogen-bond donors (Lipinski definition) is 1. The Balaban J connectivity index is 4.28. The van der Waals surface area contributed by atoms with Crippen LogP contribution < -0.4 is 0 Å². The van der Waals surface area contributed by atoms with Gasteiger partial charge in [-0.15, -0.1) is 0 Å². The van der Waals surface area contributed by atoms with E-state index in [4.69, 9.17) is 18.5 Å². The Hall–Kier alpha value is -2.29. The van der Waals surface area contributed by atoms with Crippen molar-refractivity contribution in [1.29, 1.82) is 0 Å². The molecular formula is C47H84NO8P. The van der Waals surface area contributed by atoms with Gasteiger partial charge in [0.15, 0.2) is 6.10 Å². The molecule has 10 heteroatoms. The molecule has 9 nitrogen and oxygen atoms in total. The van der Waals surface area contributed by atoms with Crippen LogP contribution in [0.3, 0.4) is 0 Å². The molecule has 0 bridgehead atoms. The topological polar surface area (TPSA) is 112 Å². The number of esters is 2. The zero-order chi connectivity index (χ0) is 41.9. The third-order valence-corrected chi connectivity index (χ3v) is 10.3. The summed E-state index contributed by atoms with van der Waals surface area (Å²) in [6, 6.07) is 0. The number of nitrogens with zero attached hydrogens (tertiary/aromatic N) is 1. The summed E-state index contributed by atoms with van der Waals surface area (Å²) in [7, 11) is -0.729. The summed E-state index contributed by atoms with van der Waals surface area (Å²) in [4.78, 5) is 37.1. The molecule has 1 N–H and O–H groups in total. The van der Waals surface area contributed by atoms with E-state index in [-0.39, 0.29) is 32.0 Å². The molecular weight excluding hydrogens is 737 g/mol. The molecule has 0 saturated heterocycles. The number of unbranched alkanes of at least 4 members (excludes halogenated alkanes) is 17. The quantitative estimate of drug-likeness (QED) is 0.0279. The van der Waals surface area contributed by atoms with Crippen LogP contribution in [0.1, 0.15) is 181 Å². The summed E-state index contributed by atoms with van der Waals surface area (Å²) in [6.45, 7) is 4.16. The van der Waals surface area contributed by atoms with Crippen molar-refractivity contribution in [1.82, 2.24) is 4.90 Å². The minimum Gasteiger partial charge on any atom is -0.462 e. The molecule has 330 valence electrons. The molecule has 0 rings (SSSR count). The third-order valence-electron chi connectivity index (χ3n) is 9.31. The van der Waals surface area contributed by atoms with Crippen molar-refractivity contribution in [3.05, 3.63) is 60.8 Å². The third kappa shape index (κ3) is 43.1. The Morgan fingerprint density at radius 2 is 1.00 bits per heavy atom. The number of phosphoric ester groups is 1. The molecule has 0 aliphatic carbocycles.